The first-order valence-electron chi connectivity index (χ1n) is 8.38. The van der Waals surface area contributed by atoms with Crippen LogP contribution in [0.5, 0.6) is 0 Å². The highest BCUT2D eigenvalue weighted by atomic mass is 19.4. The lowest BCUT2D eigenvalue weighted by molar-refractivity contribution is -0.137. The minimum absolute atomic E-state index is 0.505. The van der Waals surface area contributed by atoms with Gasteiger partial charge < -0.3 is 5.11 Å². The Morgan fingerprint density at radius 1 is 1.04 bits per heavy atom. The van der Waals surface area contributed by atoms with Gasteiger partial charge in [0.05, 0.1) is 11.7 Å². The van der Waals surface area contributed by atoms with Crippen LogP contribution >= 0.6 is 0 Å². The van der Waals surface area contributed by atoms with Crippen molar-refractivity contribution in [2.24, 2.45) is 0 Å². The SMILES string of the molecule is CC(O)c1cc(-c2ccc(C(F)(F)F)cc2)c2c(c1)C1CCC2C1. The Labute approximate surface area is 139 Å². The van der Waals surface area contributed by atoms with E-state index in [9.17, 15) is 18.3 Å². The number of fused-ring (bicyclic) bond motifs is 5. The summed E-state index contributed by atoms with van der Waals surface area (Å²) < 4.78 is 38.4. The summed E-state index contributed by atoms with van der Waals surface area (Å²) in [4.78, 5) is 0. The number of alkyl halides is 3. The van der Waals surface area contributed by atoms with Crippen LogP contribution in [0.15, 0.2) is 36.4 Å². The fourth-order valence-corrected chi connectivity index (χ4v) is 4.34. The molecule has 3 unspecified atom stereocenters. The number of benzene rings is 2. The molecule has 1 saturated carbocycles. The van der Waals surface area contributed by atoms with Gasteiger partial charge in [0.2, 0.25) is 0 Å². The largest absolute Gasteiger partial charge is 0.416 e. The molecule has 2 aromatic carbocycles. The summed E-state index contributed by atoms with van der Waals surface area (Å²) in [5.41, 5.74) is 4.58. The van der Waals surface area contributed by atoms with E-state index < -0.39 is 17.8 Å². The van der Waals surface area contributed by atoms with Crippen LogP contribution in [0.4, 0.5) is 13.2 Å². The molecule has 2 aliphatic carbocycles. The molecule has 0 heterocycles. The van der Waals surface area contributed by atoms with Crippen molar-refractivity contribution in [3.05, 3.63) is 58.7 Å². The van der Waals surface area contributed by atoms with E-state index in [0.717, 1.165) is 41.7 Å². The minimum Gasteiger partial charge on any atom is -0.389 e. The molecule has 0 amide bonds. The summed E-state index contributed by atoms with van der Waals surface area (Å²) in [6.07, 6.45) is -1.44. The number of hydrogen-bond acceptors (Lipinski definition) is 1. The molecule has 0 radical (unpaired) electrons. The summed E-state index contributed by atoms with van der Waals surface area (Å²) in [5.74, 6) is 1.04. The van der Waals surface area contributed by atoms with Gasteiger partial charge in [0.15, 0.2) is 0 Å². The molecule has 0 aliphatic heterocycles. The van der Waals surface area contributed by atoms with E-state index in [2.05, 4.69) is 6.07 Å². The van der Waals surface area contributed by atoms with E-state index in [1.807, 2.05) is 6.07 Å². The topological polar surface area (TPSA) is 20.2 Å². The quantitative estimate of drug-likeness (QED) is 0.738. The Morgan fingerprint density at radius 2 is 1.71 bits per heavy atom. The Bertz CT molecular complexity index is 775. The van der Waals surface area contributed by atoms with Gasteiger partial charge in [0.25, 0.3) is 0 Å². The summed E-state index contributed by atoms with van der Waals surface area (Å²) >= 11 is 0. The van der Waals surface area contributed by atoms with Gasteiger partial charge >= 0.3 is 6.18 Å². The molecule has 4 rings (SSSR count). The zero-order chi connectivity index (χ0) is 17.1. The maximum Gasteiger partial charge on any atom is 0.416 e. The van der Waals surface area contributed by atoms with E-state index in [1.54, 1.807) is 19.1 Å². The smallest absolute Gasteiger partial charge is 0.389 e. The predicted octanol–water partition coefficient (Wildman–Crippen LogP) is 5.79. The second-order valence-electron chi connectivity index (χ2n) is 7.03. The van der Waals surface area contributed by atoms with Crippen LogP contribution < -0.4 is 0 Å². The lowest BCUT2D eigenvalue weighted by Crippen LogP contribution is -2.05. The molecular weight excluding hydrogens is 313 g/mol. The van der Waals surface area contributed by atoms with Crippen LogP contribution in [-0.4, -0.2) is 5.11 Å². The molecule has 3 atom stereocenters. The van der Waals surface area contributed by atoms with E-state index in [4.69, 9.17) is 0 Å². The van der Waals surface area contributed by atoms with Crippen molar-refractivity contribution in [2.45, 2.75) is 50.3 Å². The monoisotopic (exact) mass is 332 g/mol. The maximum absolute atomic E-state index is 12.8. The van der Waals surface area contributed by atoms with Crippen molar-refractivity contribution < 1.29 is 18.3 Å². The van der Waals surface area contributed by atoms with Gasteiger partial charge in [-0.25, -0.2) is 0 Å². The third kappa shape index (κ3) is 2.44. The standard InChI is InChI=1S/C20H19F3O/c1-11(24)15-9-17(12-4-6-16(7-5-12)20(21,22)23)19-14-3-2-13(8-14)18(19)10-15/h4-7,9-11,13-14,24H,2-3,8H2,1H3. The molecule has 0 saturated heterocycles. The molecule has 126 valence electrons. The second kappa shape index (κ2) is 5.35. The molecule has 1 fully saturated rings. The van der Waals surface area contributed by atoms with Gasteiger partial charge in [-0.2, -0.15) is 13.2 Å². The van der Waals surface area contributed by atoms with Crippen molar-refractivity contribution in [2.75, 3.05) is 0 Å². The maximum atomic E-state index is 12.8. The minimum atomic E-state index is -4.32. The zero-order valence-corrected chi connectivity index (χ0v) is 13.4. The summed E-state index contributed by atoms with van der Waals surface area (Å²) in [6, 6.07) is 9.44. The van der Waals surface area contributed by atoms with Gasteiger partial charge in [0, 0.05) is 0 Å². The lowest BCUT2D eigenvalue weighted by atomic mass is 9.83. The Morgan fingerprint density at radius 3 is 2.33 bits per heavy atom. The number of hydrogen-bond donors (Lipinski definition) is 1. The van der Waals surface area contributed by atoms with Crippen molar-refractivity contribution in [3.63, 3.8) is 0 Å². The predicted molar refractivity (Wildman–Crippen MR) is 86.8 cm³/mol. The molecule has 4 heteroatoms. The second-order valence-corrected chi connectivity index (χ2v) is 7.03. The van der Waals surface area contributed by atoms with Crippen molar-refractivity contribution in [1.82, 2.24) is 0 Å². The first kappa shape index (κ1) is 15.7. The van der Waals surface area contributed by atoms with Crippen molar-refractivity contribution in [3.8, 4) is 11.1 Å². The van der Waals surface area contributed by atoms with Crippen LogP contribution in [0.25, 0.3) is 11.1 Å². The van der Waals surface area contributed by atoms with E-state index in [1.165, 1.54) is 17.5 Å². The fourth-order valence-electron chi connectivity index (χ4n) is 4.34. The van der Waals surface area contributed by atoms with E-state index in [-0.39, 0.29) is 0 Å². The number of aliphatic hydroxyl groups is 1. The highest BCUT2D eigenvalue weighted by Gasteiger charge is 2.39. The molecule has 0 aromatic heterocycles. The van der Waals surface area contributed by atoms with Crippen molar-refractivity contribution >= 4 is 0 Å². The summed E-state index contributed by atoms with van der Waals surface area (Å²) in [5, 5.41) is 10.00. The average Bonchev–Trinajstić information content (AvgIpc) is 3.15. The first-order valence-corrected chi connectivity index (χ1v) is 8.38. The van der Waals surface area contributed by atoms with Gasteiger partial charge in [0.1, 0.15) is 0 Å². The van der Waals surface area contributed by atoms with E-state index in [0.29, 0.717) is 11.8 Å². The molecule has 1 N–H and O–H groups in total. The number of halogens is 3. The summed E-state index contributed by atoms with van der Waals surface area (Å²) in [6.45, 7) is 1.73. The molecule has 2 bridgehead atoms. The van der Waals surface area contributed by atoms with Crippen LogP contribution in [0, 0.1) is 0 Å². The van der Waals surface area contributed by atoms with Crippen LogP contribution in [0.3, 0.4) is 0 Å². The molecular formula is C20H19F3O. The number of aliphatic hydroxyl groups excluding tert-OH is 1. The van der Waals surface area contributed by atoms with Gasteiger partial charge in [-0.05, 0) is 84.0 Å². The Kier molecular flexibility index (Phi) is 3.50. The normalized spacial score (nSPS) is 23.4. The number of rotatable bonds is 2. The summed E-state index contributed by atoms with van der Waals surface area (Å²) in [7, 11) is 0. The molecule has 2 aromatic rings. The zero-order valence-electron chi connectivity index (χ0n) is 13.4. The molecule has 2 aliphatic rings. The van der Waals surface area contributed by atoms with Gasteiger partial charge in [-0.1, -0.05) is 18.2 Å². The Hall–Kier alpha value is -1.81. The van der Waals surface area contributed by atoms with Crippen LogP contribution in [0.1, 0.15) is 66.4 Å². The molecule has 0 spiro atoms. The van der Waals surface area contributed by atoms with Crippen LogP contribution in [-0.2, 0) is 6.18 Å². The average molecular weight is 332 g/mol. The third-order valence-electron chi connectivity index (χ3n) is 5.52. The highest BCUT2D eigenvalue weighted by Crippen LogP contribution is 2.56. The van der Waals surface area contributed by atoms with Gasteiger partial charge in [-0.3, -0.25) is 0 Å². The molecule has 1 nitrogen and oxygen atoms in total. The Balaban J connectivity index is 1.85. The molecule has 24 heavy (non-hydrogen) atoms. The lowest BCUT2D eigenvalue weighted by Gasteiger charge is -2.22. The first-order chi connectivity index (χ1) is 11.3. The van der Waals surface area contributed by atoms with Crippen molar-refractivity contribution in [1.29, 1.82) is 0 Å². The fraction of sp³-hybridized carbons (Fsp3) is 0.400. The van der Waals surface area contributed by atoms with Gasteiger partial charge in [-0.15, -0.1) is 0 Å². The van der Waals surface area contributed by atoms with E-state index >= 15 is 0 Å². The highest BCUT2D eigenvalue weighted by molar-refractivity contribution is 5.73. The van der Waals surface area contributed by atoms with Crippen LogP contribution in [0.2, 0.25) is 0 Å². The third-order valence-corrected chi connectivity index (χ3v) is 5.52.